The first-order chi connectivity index (χ1) is 23.1. The summed E-state index contributed by atoms with van der Waals surface area (Å²) in [5, 5.41) is 3.15. The van der Waals surface area contributed by atoms with Crippen molar-refractivity contribution in [2.24, 2.45) is 0 Å². The molecule has 48 heavy (non-hydrogen) atoms. The lowest BCUT2D eigenvalue weighted by atomic mass is 10.0. The summed E-state index contributed by atoms with van der Waals surface area (Å²) in [5.74, 6) is -0.780. The number of anilines is 1. The summed E-state index contributed by atoms with van der Waals surface area (Å²) in [7, 11) is -4.25. The van der Waals surface area contributed by atoms with E-state index in [0.717, 1.165) is 35.6 Å². The number of nitrogens with zero attached hydrogens (tertiary/aromatic N) is 2. The summed E-state index contributed by atoms with van der Waals surface area (Å²) in [5.41, 5.74) is 1.69. The van der Waals surface area contributed by atoms with Crippen LogP contribution in [0.5, 0.6) is 5.75 Å². The van der Waals surface area contributed by atoms with E-state index in [-0.39, 0.29) is 35.5 Å². The molecule has 1 N–H and O–H groups in total. The van der Waals surface area contributed by atoms with Gasteiger partial charge >= 0.3 is 0 Å². The van der Waals surface area contributed by atoms with Gasteiger partial charge in [-0.15, -0.1) is 0 Å². The van der Waals surface area contributed by atoms with Gasteiger partial charge in [0, 0.05) is 23.5 Å². The van der Waals surface area contributed by atoms with Crippen molar-refractivity contribution >= 4 is 43.5 Å². The summed E-state index contributed by atoms with van der Waals surface area (Å²) in [6, 6.07) is 26.8. The highest BCUT2D eigenvalue weighted by Gasteiger charge is 2.35. The lowest BCUT2D eigenvalue weighted by Crippen LogP contribution is -2.54. The van der Waals surface area contributed by atoms with Crippen LogP contribution < -0.4 is 14.4 Å². The maximum Gasteiger partial charge on any atom is 0.264 e. The largest absolute Gasteiger partial charge is 0.494 e. The van der Waals surface area contributed by atoms with Gasteiger partial charge in [-0.1, -0.05) is 71.2 Å². The third-order valence-electron chi connectivity index (χ3n) is 8.36. The number of amides is 2. The van der Waals surface area contributed by atoms with Crippen LogP contribution in [0.25, 0.3) is 0 Å². The van der Waals surface area contributed by atoms with E-state index in [1.807, 2.05) is 37.3 Å². The molecule has 1 saturated carbocycles. The molecule has 8 nitrogen and oxygen atoms in total. The Labute approximate surface area is 290 Å². The second-order valence-corrected chi connectivity index (χ2v) is 14.5. The number of benzene rings is 4. The molecule has 0 aliphatic heterocycles. The predicted octanol–water partition coefficient (Wildman–Crippen LogP) is 6.88. The molecule has 0 radical (unpaired) electrons. The quantitative estimate of drug-likeness (QED) is 0.152. The molecular weight excluding hydrogens is 697 g/mol. The second kappa shape index (κ2) is 16.3. The number of rotatable bonds is 14. The number of hydrogen-bond acceptors (Lipinski definition) is 5. The Kier molecular flexibility index (Phi) is 11.9. The van der Waals surface area contributed by atoms with Crippen molar-refractivity contribution in [3.63, 3.8) is 0 Å². The molecule has 252 valence electrons. The van der Waals surface area contributed by atoms with E-state index in [1.165, 1.54) is 29.2 Å². The van der Waals surface area contributed by atoms with Crippen LogP contribution in [-0.2, 0) is 32.6 Å². The Morgan fingerprint density at radius 2 is 1.54 bits per heavy atom. The van der Waals surface area contributed by atoms with E-state index in [1.54, 1.807) is 48.5 Å². The molecule has 0 bridgehead atoms. The zero-order valence-electron chi connectivity index (χ0n) is 26.7. The average Bonchev–Trinajstić information content (AvgIpc) is 3.60. The molecule has 1 aliphatic rings. The predicted molar refractivity (Wildman–Crippen MR) is 188 cm³/mol. The van der Waals surface area contributed by atoms with Gasteiger partial charge in [-0.25, -0.2) is 12.8 Å². The van der Waals surface area contributed by atoms with Crippen LogP contribution in [0.15, 0.2) is 112 Å². The molecule has 0 heterocycles. The molecule has 11 heteroatoms. The van der Waals surface area contributed by atoms with E-state index < -0.39 is 34.3 Å². The lowest BCUT2D eigenvalue weighted by Gasteiger charge is -2.34. The standard InChI is InChI=1S/C37H39BrFN3O5S/c1-2-47-33-20-18-32(19-21-33)42(48(45,46)34-22-14-29(38)15-23-34)26-36(43)41(25-28-12-16-30(39)17-13-28)35(24-27-8-4-3-5-9-27)37(44)40-31-10-6-7-11-31/h3-5,8-9,12-23,31,35H,2,6-7,10-11,24-26H2,1H3,(H,40,44)/t35-/m1/s1. The van der Waals surface area contributed by atoms with E-state index >= 15 is 0 Å². The molecule has 0 aromatic heterocycles. The Morgan fingerprint density at radius 1 is 0.896 bits per heavy atom. The van der Waals surface area contributed by atoms with Crippen LogP contribution in [-0.4, -0.2) is 50.4 Å². The van der Waals surface area contributed by atoms with Crippen molar-refractivity contribution < 1.29 is 27.1 Å². The Bertz CT molecular complexity index is 1770. The zero-order valence-corrected chi connectivity index (χ0v) is 29.1. The molecule has 1 atom stereocenters. The van der Waals surface area contributed by atoms with E-state index in [0.29, 0.717) is 22.4 Å². The van der Waals surface area contributed by atoms with Gasteiger partial charge in [-0.05, 0) is 91.6 Å². The molecule has 2 amide bonds. The van der Waals surface area contributed by atoms with Crippen molar-refractivity contribution in [2.75, 3.05) is 17.5 Å². The zero-order chi connectivity index (χ0) is 34.1. The monoisotopic (exact) mass is 735 g/mol. The Hall–Kier alpha value is -4.22. The van der Waals surface area contributed by atoms with Crippen LogP contribution in [0.4, 0.5) is 10.1 Å². The second-order valence-electron chi connectivity index (χ2n) is 11.7. The summed E-state index contributed by atoms with van der Waals surface area (Å²) in [6.45, 7) is 1.66. The third-order valence-corrected chi connectivity index (χ3v) is 10.7. The van der Waals surface area contributed by atoms with E-state index in [2.05, 4.69) is 21.2 Å². The van der Waals surface area contributed by atoms with Crippen LogP contribution >= 0.6 is 15.9 Å². The molecule has 0 unspecified atom stereocenters. The van der Waals surface area contributed by atoms with Gasteiger partial charge in [0.15, 0.2) is 0 Å². The minimum atomic E-state index is -4.25. The molecular formula is C37H39BrFN3O5S. The Balaban J connectivity index is 1.56. The van der Waals surface area contributed by atoms with Crippen molar-refractivity contribution in [1.29, 1.82) is 0 Å². The lowest BCUT2D eigenvalue weighted by molar-refractivity contribution is -0.140. The minimum absolute atomic E-state index is 0.00252. The van der Waals surface area contributed by atoms with Crippen LogP contribution in [0.1, 0.15) is 43.7 Å². The van der Waals surface area contributed by atoms with Gasteiger partial charge in [0.05, 0.1) is 17.2 Å². The fourth-order valence-corrected chi connectivity index (χ4v) is 7.52. The van der Waals surface area contributed by atoms with Gasteiger partial charge in [0.25, 0.3) is 10.0 Å². The fourth-order valence-electron chi connectivity index (χ4n) is 5.85. The third kappa shape index (κ3) is 9.02. The van der Waals surface area contributed by atoms with Gasteiger partial charge in [0.2, 0.25) is 11.8 Å². The minimum Gasteiger partial charge on any atom is -0.494 e. The molecule has 0 spiro atoms. The topological polar surface area (TPSA) is 96.0 Å². The molecule has 1 aliphatic carbocycles. The summed E-state index contributed by atoms with van der Waals surface area (Å²) < 4.78 is 49.7. The highest BCUT2D eigenvalue weighted by Crippen LogP contribution is 2.28. The van der Waals surface area contributed by atoms with Crippen LogP contribution in [0.2, 0.25) is 0 Å². The van der Waals surface area contributed by atoms with Crippen LogP contribution in [0, 0.1) is 5.82 Å². The number of halogens is 2. The normalized spacial score (nSPS) is 13.9. The highest BCUT2D eigenvalue weighted by molar-refractivity contribution is 9.10. The highest BCUT2D eigenvalue weighted by atomic mass is 79.9. The molecule has 0 saturated heterocycles. The number of carbonyl (C=O) groups is 2. The van der Waals surface area contributed by atoms with Gasteiger partial charge in [0.1, 0.15) is 24.2 Å². The smallest absolute Gasteiger partial charge is 0.264 e. The van der Waals surface area contributed by atoms with Crippen molar-refractivity contribution in [3.05, 3.63) is 125 Å². The van der Waals surface area contributed by atoms with Crippen molar-refractivity contribution in [1.82, 2.24) is 10.2 Å². The van der Waals surface area contributed by atoms with Gasteiger partial charge < -0.3 is 15.0 Å². The number of ether oxygens (including phenoxy) is 1. The average molecular weight is 737 g/mol. The number of carbonyl (C=O) groups excluding carboxylic acids is 2. The summed E-state index contributed by atoms with van der Waals surface area (Å²) >= 11 is 3.36. The maximum absolute atomic E-state index is 14.6. The van der Waals surface area contributed by atoms with E-state index in [9.17, 15) is 22.4 Å². The molecule has 5 rings (SSSR count). The van der Waals surface area contributed by atoms with Gasteiger partial charge in [-0.3, -0.25) is 13.9 Å². The maximum atomic E-state index is 14.6. The first-order valence-corrected chi connectivity index (χ1v) is 18.3. The number of sulfonamides is 1. The van der Waals surface area contributed by atoms with Crippen LogP contribution in [0.3, 0.4) is 0 Å². The number of nitrogens with one attached hydrogen (secondary N) is 1. The first kappa shape index (κ1) is 35.1. The Morgan fingerprint density at radius 3 is 2.17 bits per heavy atom. The summed E-state index contributed by atoms with van der Waals surface area (Å²) in [4.78, 5) is 30.1. The van der Waals surface area contributed by atoms with Crippen molar-refractivity contribution in [2.45, 2.75) is 62.6 Å². The number of hydrogen-bond donors (Lipinski definition) is 1. The molecule has 4 aromatic rings. The SMILES string of the molecule is CCOc1ccc(N(CC(=O)N(Cc2ccc(F)cc2)[C@H](Cc2ccccc2)C(=O)NC2CCCC2)S(=O)(=O)c2ccc(Br)cc2)cc1. The van der Waals surface area contributed by atoms with E-state index in [4.69, 9.17) is 4.74 Å². The fraction of sp³-hybridized carbons (Fsp3) is 0.297. The molecule has 4 aromatic carbocycles. The first-order valence-electron chi connectivity index (χ1n) is 16.0. The van der Waals surface area contributed by atoms with Crippen molar-refractivity contribution in [3.8, 4) is 5.75 Å². The molecule has 1 fully saturated rings. The summed E-state index contributed by atoms with van der Waals surface area (Å²) in [6.07, 6.45) is 3.93. The van der Waals surface area contributed by atoms with Gasteiger partial charge in [-0.2, -0.15) is 0 Å².